The van der Waals surface area contributed by atoms with Gasteiger partial charge in [0.05, 0.1) is 10.0 Å². The summed E-state index contributed by atoms with van der Waals surface area (Å²) in [5.41, 5.74) is 0.604. The van der Waals surface area contributed by atoms with Crippen LogP contribution in [0.4, 0.5) is 0 Å². The summed E-state index contributed by atoms with van der Waals surface area (Å²) in [6.45, 7) is 0.0690. The molecule has 0 unspecified atom stereocenters. The Morgan fingerprint density at radius 2 is 2.00 bits per heavy atom. The van der Waals surface area contributed by atoms with E-state index in [1.807, 2.05) is 6.07 Å². The fraction of sp³-hybridized carbons (Fsp3) is 0.333. The van der Waals surface area contributed by atoms with Crippen LogP contribution >= 0.6 is 23.2 Å². The molecule has 1 rings (SSSR count). The molecule has 0 bridgehead atoms. The molecule has 1 aromatic rings. The van der Waals surface area contributed by atoms with Crippen molar-refractivity contribution >= 4 is 28.9 Å². The Bertz CT molecular complexity index is 496. The highest BCUT2D eigenvalue weighted by Crippen LogP contribution is 2.22. The van der Waals surface area contributed by atoms with Gasteiger partial charge in [0.15, 0.2) is 18.6 Å². The molecule has 7 heteroatoms. The molecule has 0 N–H and O–H groups in total. The summed E-state index contributed by atoms with van der Waals surface area (Å²) in [5.74, 6) is 0. The summed E-state index contributed by atoms with van der Waals surface area (Å²) in [7, 11) is 2.96. The van der Waals surface area contributed by atoms with Gasteiger partial charge >= 0.3 is 0 Å². The number of ether oxygens (including phenoxy) is 2. The Hall–Kier alpha value is -1.32. The smallest absolute Gasteiger partial charge is 0.193 e. The minimum Gasteiger partial charge on any atom is -0.389 e. The third-order valence-electron chi connectivity index (χ3n) is 2.19. The Kier molecular flexibility index (Phi) is 6.60. The van der Waals surface area contributed by atoms with Crippen LogP contribution in [0.5, 0.6) is 0 Å². The van der Waals surface area contributed by atoms with E-state index in [1.165, 1.54) is 14.2 Å². The number of oxime groups is 1. The SMILES string of the molecule is COC(CON=C(C#N)c1ccc(Cl)c(Cl)c1)OC. The second kappa shape index (κ2) is 7.97. The summed E-state index contributed by atoms with van der Waals surface area (Å²) < 4.78 is 9.84. The number of halogens is 2. The molecular formula is C12H12Cl2N2O3. The van der Waals surface area contributed by atoms with Gasteiger partial charge in [-0.15, -0.1) is 0 Å². The number of nitrogens with zero attached hydrogens (tertiary/aromatic N) is 2. The number of methoxy groups -OCH3 is 2. The van der Waals surface area contributed by atoms with E-state index in [9.17, 15) is 0 Å². The lowest BCUT2D eigenvalue weighted by Crippen LogP contribution is -2.19. The number of benzene rings is 1. The zero-order chi connectivity index (χ0) is 14.3. The molecule has 102 valence electrons. The molecule has 0 amide bonds. The fourth-order valence-electron chi connectivity index (χ4n) is 1.18. The summed E-state index contributed by atoms with van der Waals surface area (Å²) in [6, 6.07) is 6.67. The van der Waals surface area contributed by atoms with E-state index in [1.54, 1.807) is 18.2 Å². The molecule has 0 heterocycles. The zero-order valence-electron chi connectivity index (χ0n) is 10.4. The molecule has 0 radical (unpaired) electrons. The highest BCUT2D eigenvalue weighted by atomic mass is 35.5. The van der Waals surface area contributed by atoms with Crippen molar-refractivity contribution in [3.05, 3.63) is 33.8 Å². The monoisotopic (exact) mass is 302 g/mol. The first-order valence-corrected chi connectivity index (χ1v) is 5.99. The number of nitriles is 1. The molecular weight excluding hydrogens is 291 g/mol. The first-order chi connectivity index (χ1) is 9.12. The molecule has 0 spiro atoms. The maximum absolute atomic E-state index is 9.02. The minimum atomic E-state index is -0.544. The zero-order valence-corrected chi connectivity index (χ0v) is 11.9. The van der Waals surface area contributed by atoms with Crippen molar-refractivity contribution < 1.29 is 14.3 Å². The van der Waals surface area contributed by atoms with Gasteiger partial charge in [-0.25, -0.2) is 0 Å². The third kappa shape index (κ3) is 4.69. The maximum Gasteiger partial charge on any atom is 0.193 e. The predicted molar refractivity (Wildman–Crippen MR) is 72.4 cm³/mol. The quantitative estimate of drug-likeness (QED) is 0.460. The summed E-state index contributed by atoms with van der Waals surface area (Å²) >= 11 is 11.7. The van der Waals surface area contributed by atoms with Gasteiger partial charge in [-0.05, 0) is 12.1 Å². The van der Waals surface area contributed by atoms with Gasteiger partial charge in [-0.2, -0.15) is 5.26 Å². The molecule has 0 atom stereocenters. The number of rotatable bonds is 6. The summed E-state index contributed by atoms with van der Waals surface area (Å²) in [4.78, 5) is 4.99. The normalized spacial score (nSPS) is 11.5. The van der Waals surface area contributed by atoms with Crippen LogP contribution in [0.15, 0.2) is 23.4 Å². The molecule has 19 heavy (non-hydrogen) atoms. The van der Waals surface area contributed by atoms with Crippen molar-refractivity contribution in [2.24, 2.45) is 5.16 Å². The van der Waals surface area contributed by atoms with Gasteiger partial charge in [0.25, 0.3) is 0 Å². The first-order valence-electron chi connectivity index (χ1n) is 5.23. The number of hydrogen-bond acceptors (Lipinski definition) is 5. The molecule has 1 aromatic carbocycles. The summed E-state index contributed by atoms with van der Waals surface area (Å²) in [5, 5.41) is 13.5. The molecule has 0 aliphatic rings. The van der Waals surface area contributed by atoms with Crippen molar-refractivity contribution in [2.45, 2.75) is 6.29 Å². The van der Waals surface area contributed by atoms with Crippen molar-refractivity contribution in [2.75, 3.05) is 20.8 Å². The standard InChI is InChI=1S/C12H12Cl2N2O3/c1-17-12(18-2)7-19-16-11(6-15)8-3-4-9(13)10(14)5-8/h3-5,12H,7H2,1-2H3. The number of hydrogen-bond donors (Lipinski definition) is 0. The van der Waals surface area contributed by atoms with E-state index in [-0.39, 0.29) is 12.3 Å². The highest BCUT2D eigenvalue weighted by Gasteiger charge is 2.08. The highest BCUT2D eigenvalue weighted by molar-refractivity contribution is 6.42. The Labute approximate surface area is 121 Å². The summed E-state index contributed by atoms with van der Waals surface area (Å²) in [6.07, 6.45) is -0.544. The van der Waals surface area contributed by atoms with Gasteiger partial charge < -0.3 is 14.3 Å². The van der Waals surface area contributed by atoms with Crippen molar-refractivity contribution in [1.29, 1.82) is 5.26 Å². The van der Waals surface area contributed by atoms with Crippen LogP contribution in [0.3, 0.4) is 0 Å². The average molecular weight is 303 g/mol. The molecule has 0 aliphatic heterocycles. The van der Waals surface area contributed by atoms with Crippen LogP contribution in [0.25, 0.3) is 0 Å². The molecule has 0 saturated carbocycles. The van der Waals surface area contributed by atoms with Crippen LogP contribution in [0, 0.1) is 11.3 Å². The van der Waals surface area contributed by atoms with Crippen LogP contribution in [-0.4, -0.2) is 32.8 Å². The molecule has 0 saturated heterocycles. The Morgan fingerprint density at radius 1 is 1.32 bits per heavy atom. The van der Waals surface area contributed by atoms with E-state index >= 15 is 0 Å². The van der Waals surface area contributed by atoms with Gasteiger partial charge in [-0.3, -0.25) is 0 Å². The largest absolute Gasteiger partial charge is 0.389 e. The molecule has 0 fully saturated rings. The topological polar surface area (TPSA) is 63.8 Å². The lowest BCUT2D eigenvalue weighted by molar-refractivity contribution is -0.139. The maximum atomic E-state index is 9.02. The molecule has 0 aromatic heterocycles. The molecule has 5 nitrogen and oxygen atoms in total. The van der Waals surface area contributed by atoms with E-state index in [0.29, 0.717) is 15.6 Å². The van der Waals surface area contributed by atoms with Crippen LogP contribution in [0.1, 0.15) is 5.56 Å². The second-order valence-electron chi connectivity index (χ2n) is 3.38. The van der Waals surface area contributed by atoms with Crippen LogP contribution < -0.4 is 0 Å². The van der Waals surface area contributed by atoms with E-state index < -0.39 is 6.29 Å². The van der Waals surface area contributed by atoms with E-state index in [4.69, 9.17) is 42.8 Å². The van der Waals surface area contributed by atoms with Gasteiger partial charge in [0.1, 0.15) is 6.07 Å². The van der Waals surface area contributed by atoms with E-state index in [2.05, 4.69) is 5.16 Å². The van der Waals surface area contributed by atoms with Crippen molar-refractivity contribution in [1.82, 2.24) is 0 Å². The minimum absolute atomic E-state index is 0.0690. The van der Waals surface area contributed by atoms with Gasteiger partial charge in [0.2, 0.25) is 0 Å². The average Bonchev–Trinajstić information content (AvgIpc) is 2.42. The molecule has 0 aliphatic carbocycles. The Balaban J connectivity index is 2.77. The van der Waals surface area contributed by atoms with Gasteiger partial charge in [-0.1, -0.05) is 34.4 Å². The van der Waals surface area contributed by atoms with Crippen molar-refractivity contribution in [3.8, 4) is 6.07 Å². The Morgan fingerprint density at radius 3 is 2.53 bits per heavy atom. The van der Waals surface area contributed by atoms with E-state index in [0.717, 1.165) is 0 Å². The predicted octanol–water partition coefficient (Wildman–Crippen LogP) is 2.86. The van der Waals surface area contributed by atoms with Crippen LogP contribution in [-0.2, 0) is 14.3 Å². The lowest BCUT2D eigenvalue weighted by atomic mass is 10.1. The van der Waals surface area contributed by atoms with Crippen LogP contribution in [0.2, 0.25) is 10.0 Å². The van der Waals surface area contributed by atoms with Crippen molar-refractivity contribution in [3.63, 3.8) is 0 Å². The first kappa shape index (κ1) is 15.7. The lowest BCUT2D eigenvalue weighted by Gasteiger charge is -2.11. The fourth-order valence-corrected chi connectivity index (χ4v) is 1.47. The van der Waals surface area contributed by atoms with Gasteiger partial charge in [0, 0.05) is 19.8 Å². The third-order valence-corrected chi connectivity index (χ3v) is 2.93. The second-order valence-corrected chi connectivity index (χ2v) is 4.19.